The lowest BCUT2D eigenvalue weighted by atomic mass is 10.2. The molecule has 1 aromatic heterocycles. The van der Waals surface area contributed by atoms with Crippen LogP contribution in [0.1, 0.15) is 49.5 Å². The van der Waals surface area contributed by atoms with E-state index in [9.17, 15) is 9.90 Å². The second-order valence-electron chi connectivity index (χ2n) is 5.26. The number of hydrogen-bond acceptors (Lipinski definition) is 6. The molecule has 0 spiro atoms. The number of esters is 1. The van der Waals surface area contributed by atoms with Gasteiger partial charge < -0.3 is 20.5 Å². The number of aliphatic hydroxyl groups is 1. The van der Waals surface area contributed by atoms with Crippen LogP contribution >= 0.6 is 0 Å². The highest BCUT2D eigenvalue weighted by Crippen LogP contribution is 2.35. The fourth-order valence-corrected chi connectivity index (χ4v) is 2.94. The molecule has 0 amide bonds. The number of anilines is 2. The van der Waals surface area contributed by atoms with Gasteiger partial charge in [-0.25, -0.2) is 9.48 Å². The Kier molecular flexibility index (Phi) is 4.72. The van der Waals surface area contributed by atoms with Gasteiger partial charge in [0.05, 0.1) is 19.3 Å². The lowest BCUT2D eigenvalue weighted by Gasteiger charge is -2.19. The van der Waals surface area contributed by atoms with E-state index in [2.05, 4.69) is 5.10 Å². The zero-order valence-corrected chi connectivity index (χ0v) is 12.9. The Balaban J connectivity index is 2.50. The van der Waals surface area contributed by atoms with Gasteiger partial charge in [0.1, 0.15) is 11.4 Å². The van der Waals surface area contributed by atoms with Crippen molar-refractivity contribution in [3.05, 3.63) is 5.56 Å². The van der Waals surface area contributed by atoms with Gasteiger partial charge in [-0.05, 0) is 33.1 Å². The van der Waals surface area contributed by atoms with E-state index in [1.54, 1.807) is 4.68 Å². The predicted octanol–water partition coefficient (Wildman–Crippen LogP) is 1.18. The van der Waals surface area contributed by atoms with Gasteiger partial charge in [-0.15, -0.1) is 0 Å². The van der Waals surface area contributed by atoms with E-state index in [0.29, 0.717) is 24.5 Å². The lowest BCUT2D eigenvalue weighted by Crippen LogP contribution is -2.25. The molecule has 21 heavy (non-hydrogen) atoms. The minimum Gasteiger partial charge on any atom is -0.465 e. The molecule has 2 rings (SSSR count). The van der Waals surface area contributed by atoms with E-state index in [0.717, 1.165) is 19.3 Å². The Hall–Kier alpha value is -1.76. The summed E-state index contributed by atoms with van der Waals surface area (Å²) >= 11 is 0. The smallest absolute Gasteiger partial charge is 0.345 e. The normalized spacial score (nSPS) is 21.5. The minimum absolute atomic E-state index is 0.169. The van der Waals surface area contributed by atoms with Gasteiger partial charge in [-0.2, -0.15) is 5.10 Å². The van der Waals surface area contributed by atoms with Crippen LogP contribution in [-0.2, 0) is 4.74 Å². The monoisotopic (exact) mass is 296 g/mol. The fourth-order valence-electron chi connectivity index (χ4n) is 2.94. The van der Waals surface area contributed by atoms with Crippen LogP contribution in [-0.4, -0.2) is 47.2 Å². The molecule has 118 valence electrons. The number of methoxy groups -OCH3 is 1. The number of carbonyl (C=O) groups is 1. The molecular formula is C14H24N4O3. The summed E-state index contributed by atoms with van der Waals surface area (Å²) in [4.78, 5) is 14.0. The van der Waals surface area contributed by atoms with Gasteiger partial charge in [0.15, 0.2) is 5.82 Å². The summed E-state index contributed by atoms with van der Waals surface area (Å²) in [6.07, 6.45) is 2.00. The number of rotatable bonds is 5. The summed E-state index contributed by atoms with van der Waals surface area (Å²) in [6.45, 7) is 5.41. The standard InChI is InChI=1S/C14H24N4O3/c1-4-17(5-2)13-11(14(20)21-3)12(15)18(16-13)9-7-6-8-10(9)19/h9-10,19H,4-8,15H2,1-3H3. The average Bonchev–Trinajstić information content (AvgIpc) is 3.03. The SMILES string of the molecule is CCN(CC)c1nn(C2CCCC2O)c(N)c1C(=O)OC. The summed E-state index contributed by atoms with van der Waals surface area (Å²) < 4.78 is 6.43. The van der Waals surface area contributed by atoms with E-state index in [-0.39, 0.29) is 11.9 Å². The number of carbonyl (C=O) groups excluding carboxylic acids is 1. The Morgan fingerprint density at radius 2 is 2.14 bits per heavy atom. The minimum atomic E-state index is -0.492. The first kappa shape index (κ1) is 15.6. The maximum Gasteiger partial charge on any atom is 0.345 e. The van der Waals surface area contributed by atoms with Crippen molar-refractivity contribution in [2.24, 2.45) is 0 Å². The first-order valence-electron chi connectivity index (χ1n) is 7.44. The predicted molar refractivity (Wildman–Crippen MR) is 80.4 cm³/mol. The number of nitrogen functional groups attached to an aromatic ring is 1. The van der Waals surface area contributed by atoms with Crippen LogP contribution in [0.5, 0.6) is 0 Å². The van der Waals surface area contributed by atoms with Crippen molar-refractivity contribution in [3.8, 4) is 0 Å². The van der Waals surface area contributed by atoms with Gasteiger partial charge in [-0.3, -0.25) is 0 Å². The number of aromatic nitrogens is 2. The van der Waals surface area contributed by atoms with E-state index < -0.39 is 12.1 Å². The molecule has 0 aliphatic heterocycles. The zero-order chi connectivity index (χ0) is 15.6. The van der Waals surface area contributed by atoms with Crippen molar-refractivity contribution in [1.82, 2.24) is 9.78 Å². The van der Waals surface area contributed by atoms with Crippen LogP contribution in [0.3, 0.4) is 0 Å². The van der Waals surface area contributed by atoms with Gasteiger partial charge in [0.2, 0.25) is 0 Å². The summed E-state index contributed by atoms with van der Waals surface area (Å²) in [5.41, 5.74) is 6.42. The molecule has 1 heterocycles. The molecule has 0 saturated heterocycles. The Labute approximate surface area is 124 Å². The third-order valence-electron chi connectivity index (χ3n) is 4.14. The molecule has 0 radical (unpaired) electrons. The van der Waals surface area contributed by atoms with Crippen molar-refractivity contribution < 1.29 is 14.6 Å². The van der Waals surface area contributed by atoms with Crippen molar-refractivity contribution in [2.45, 2.75) is 45.3 Å². The Morgan fingerprint density at radius 1 is 1.48 bits per heavy atom. The van der Waals surface area contributed by atoms with Crippen LogP contribution in [0.4, 0.5) is 11.6 Å². The Bertz CT molecular complexity index is 511. The van der Waals surface area contributed by atoms with E-state index in [1.807, 2.05) is 18.7 Å². The van der Waals surface area contributed by atoms with Crippen LogP contribution in [0, 0.1) is 0 Å². The molecule has 0 bridgehead atoms. The van der Waals surface area contributed by atoms with Crippen LogP contribution in [0.2, 0.25) is 0 Å². The molecule has 1 aromatic rings. The number of nitrogens with zero attached hydrogens (tertiary/aromatic N) is 3. The topological polar surface area (TPSA) is 93.6 Å². The van der Waals surface area contributed by atoms with E-state index in [1.165, 1.54) is 7.11 Å². The third-order valence-corrected chi connectivity index (χ3v) is 4.14. The summed E-state index contributed by atoms with van der Waals surface area (Å²) in [7, 11) is 1.33. The van der Waals surface area contributed by atoms with Crippen LogP contribution in [0.25, 0.3) is 0 Å². The van der Waals surface area contributed by atoms with Crippen molar-refractivity contribution >= 4 is 17.6 Å². The van der Waals surface area contributed by atoms with E-state index >= 15 is 0 Å². The van der Waals surface area contributed by atoms with E-state index in [4.69, 9.17) is 10.5 Å². The van der Waals surface area contributed by atoms with Gasteiger partial charge in [0, 0.05) is 13.1 Å². The largest absolute Gasteiger partial charge is 0.465 e. The number of aliphatic hydroxyl groups excluding tert-OH is 1. The molecule has 2 atom stereocenters. The Morgan fingerprint density at radius 3 is 2.62 bits per heavy atom. The number of nitrogens with two attached hydrogens (primary N) is 1. The second-order valence-corrected chi connectivity index (χ2v) is 5.26. The maximum absolute atomic E-state index is 12.1. The third kappa shape index (κ3) is 2.70. The lowest BCUT2D eigenvalue weighted by molar-refractivity contribution is 0.0602. The van der Waals surface area contributed by atoms with Crippen LogP contribution in [0.15, 0.2) is 0 Å². The summed E-state index contributed by atoms with van der Waals surface area (Å²) in [6, 6.07) is -0.169. The van der Waals surface area contributed by atoms with Gasteiger partial charge >= 0.3 is 5.97 Å². The highest BCUT2D eigenvalue weighted by Gasteiger charge is 2.33. The first-order valence-corrected chi connectivity index (χ1v) is 7.44. The number of ether oxygens (including phenoxy) is 1. The summed E-state index contributed by atoms with van der Waals surface area (Å²) in [5.74, 6) is 0.311. The van der Waals surface area contributed by atoms with Crippen LogP contribution < -0.4 is 10.6 Å². The average molecular weight is 296 g/mol. The van der Waals surface area contributed by atoms with Crippen molar-refractivity contribution in [2.75, 3.05) is 30.8 Å². The molecule has 7 heteroatoms. The molecule has 1 saturated carbocycles. The molecule has 1 aliphatic carbocycles. The molecule has 1 aliphatic rings. The highest BCUT2D eigenvalue weighted by molar-refractivity contribution is 5.99. The first-order chi connectivity index (χ1) is 10.0. The quantitative estimate of drug-likeness (QED) is 0.793. The van der Waals surface area contributed by atoms with Crippen molar-refractivity contribution in [3.63, 3.8) is 0 Å². The molecule has 7 nitrogen and oxygen atoms in total. The molecule has 2 unspecified atom stereocenters. The molecular weight excluding hydrogens is 272 g/mol. The van der Waals surface area contributed by atoms with Gasteiger partial charge in [-0.1, -0.05) is 0 Å². The van der Waals surface area contributed by atoms with Crippen molar-refractivity contribution in [1.29, 1.82) is 0 Å². The zero-order valence-electron chi connectivity index (χ0n) is 12.9. The molecule has 1 fully saturated rings. The fraction of sp³-hybridized carbons (Fsp3) is 0.714. The number of hydrogen-bond donors (Lipinski definition) is 2. The molecule has 0 aromatic carbocycles. The maximum atomic E-state index is 12.1. The molecule has 3 N–H and O–H groups in total. The summed E-state index contributed by atoms with van der Waals surface area (Å²) in [5, 5.41) is 14.6. The van der Waals surface area contributed by atoms with Gasteiger partial charge in [0.25, 0.3) is 0 Å². The second kappa shape index (κ2) is 6.34. The highest BCUT2D eigenvalue weighted by atomic mass is 16.5.